The molecule has 3 aromatic rings. The van der Waals surface area contributed by atoms with Gasteiger partial charge in [-0.05, 0) is 35.4 Å². The van der Waals surface area contributed by atoms with Crippen molar-refractivity contribution in [2.45, 2.75) is 6.04 Å². The van der Waals surface area contributed by atoms with Crippen molar-refractivity contribution in [1.82, 2.24) is 0 Å². The second-order valence-corrected chi connectivity index (χ2v) is 5.31. The average Bonchev–Trinajstić information content (AvgIpc) is 2.62. The van der Waals surface area contributed by atoms with Crippen LogP contribution in [-0.4, -0.2) is 0 Å². The SMILES string of the molecule is Fc1ccc(NC(C=Cc2ccccc2)c2ccccc2)cc1. The Balaban J connectivity index is 1.85. The third-order valence-electron chi connectivity index (χ3n) is 3.61. The highest BCUT2D eigenvalue weighted by Crippen LogP contribution is 2.22. The summed E-state index contributed by atoms with van der Waals surface area (Å²) >= 11 is 0. The van der Waals surface area contributed by atoms with Gasteiger partial charge in [0.05, 0.1) is 6.04 Å². The summed E-state index contributed by atoms with van der Waals surface area (Å²) in [6.45, 7) is 0. The van der Waals surface area contributed by atoms with E-state index in [9.17, 15) is 4.39 Å². The van der Waals surface area contributed by atoms with Gasteiger partial charge in [-0.15, -0.1) is 0 Å². The Morgan fingerprint density at radius 1 is 0.739 bits per heavy atom. The molecule has 0 aliphatic rings. The summed E-state index contributed by atoms with van der Waals surface area (Å²) in [5.74, 6) is -0.230. The Bertz CT molecular complexity index is 749. The molecule has 0 spiro atoms. The van der Waals surface area contributed by atoms with Gasteiger partial charge in [0.1, 0.15) is 5.82 Å². The smallest absolute Gasteiger partial charge is 0.123 e. The van der Waals surface area contributed by atoms with E-state index in [1.165, 1.54) is 12.1 Å². The lowest BCUT2D eigenvalue weighted by atomic mass is 10.0. The zero-order chi connectivity index (χ0) is 15.9. The average molecular weight is 303 g/mol. The monoisotopic (exact) mass is 303 g/mol. The number of anilines is 1. The van der Waals surface area contributed by atoms with Crippen molar-refractivity contribution < 1.29 is 4.39 Å². The molecule has 1 atom stereocenters. The second kappa shape index (κ2) is 7.41. The van der Waals surface area contributed by atoms with Crippen molar-refractivity contribution in [3.63, 3.8) is 0 Å². The maximum Gasteiger partial charge on any atom is 0.123 e. The van der Waals surface area contributed by atoms with E-state index in [1.54, 1.807) is 12.1 Å². The van der Waals surface area contributed by atoms with Gasteiger partial charge in [-0.2, -0.15) is 0 Å². The van der Waals surface area contributed by atoms with Crippen molar-refractivity contribution >= 4 is 11.8 Å². The van der Waals surface area contributed by atoms with Crippen molar-refractivity contribution in [1.29, 1.82) is 0 Å². The molecule has 1 nitrogen and oxygen atoms in total. The number of nitrogens with one attached hydrogen (secondary N) is 1. The minimum absolute atomic E-state index is 0.0156. The van der Waals surface area contributed by atoms with Crippen LogP contribution >= 0.6 is 0 Å². The number of hydrogen-bond acceptors (Lipinski definition) is 1. The van der Waals surface area contributed by atoms with Crippen molar-refractivity contribution in [2.24, 2.45) is 0 Å². The van der Waals surface area contributed by atoms with Crippen LogP contribution in [0.5, 0.6) is 0 Å². The van der Waals surface area contributed by atoms with E-state index < -0.39 is 0 Å². The van der Waals surface area contributed by atoms with Crippen molar-refractivity contribution in [2.75, 3.05) is 5.32 Å². The van der Waals surface area contributed by atoms with Crippen molar-refractivity contribution in [3.8, 4) is 0 Å². The first kappa shape index (κ1) is 15.0. The molecule has 0 aliphatic heterocycles. The Morgan fingerprint density at radius 3 is 2.00 bits per heavy atom. The van der Waals surface area contributed by atoms with Gasteiger partial charge in [0.15, 0.2) is 0 Å². The summed E-state index contributed by atoms with van der Waals surface area (Å²) < 4.78 is 13.1. The summed E-state index contributed by atoms with van der Waals surface area (Å²) in [6.07, 6.45) is 4.21. The van der Waals surface area contributed by atoms with Gasteiger partial charge in [-0.3, -0.25) is 0 Å². The van der Waals surface area contributed by atoms with E-state index in [2.05, 4.69) is 41.7 Å². The van der Waals surface area contributed by atoms with Crippen LogP contribution in [0.1, 0.15) is 17.2 Å². The number of hydrogen-bond donors (Lipinski definition) is 1. The molecule has 3 rings (SSSR count). The normalized spacial score (nSPS) is 12.2. The van der Waals surface area contributed by atoms with Crippen LogP contribution < -0.4 is 5.32 Å². The molecule has 114 valence electrons. The zero-order valence-corrected chi connectivity index (χ0v) is 12.7. The highest BCUT2D eigenvalue weighted by atomic mass is 19.1. The predicted molar refractivity (Wildman–Crippen MR) is 94.7 cm³/mol. The van der Waals surface area contributed by atoms with E-state index in [1.807, 2.05) is 36.4 Å². The minimum atomic E-state index is -0.230. The standard InChI is InChI=1S/C21H18FN/c22-19-12-14-20(15-13-19)23-21(18-9-5-2-6-10-18)16-11-17-7-3-1-4-8-17/h1-16,21,23H. The first-order valence-electron chi connectivity index (χ1n) is 7.61. The van der Waals surface area contributed by atoms with Gasteiger partial charge in [0.25, 0.3) is 0 Å². The molecule has 2 heteroatoms. The Morgan fingerprint density at radius 2 is 1.35 bits per heavy atom. The molecule has 0 saturated heterocycles. The molecule has 0 bridgehead atoms. The van der Waals surface area contributed by atoms with Gasteiger partial charge in [-0.25, -0.2) is 4.39 Å². The van der Waals surface area contributed by atoms with Crippen LogP contribution in [0.15, 0.2) is 91.0 Å². The van der Waals surface area contributed by atoms with E-state index in [0.717, 1.165) is 16.8 Å². The molecule has 0 fully saturated rings. The summed E-state index contributed by atoms with van der Waals surface area (Å²) in [5, 5.41) is 3.44. The largest absolute Gasteiger partial charge is 0.375 e. The van der Waals surface area contributed by atoms with E-state index in [0.29, 0.717) is 0 Å². The van der Waals surface area contributed by atoms with Crippen LogP contribution in [0.4, 0.5) is 10.1 Å². The first-order chi connectivity index (χ1) is 11.3. The fraction of sp³-hybridized carbons (Fsp3) is 0.0476. The van der Waals surface area contributed by atoms with E-state index >= 15 is 0 Å². The maximum absolute atomic E-state index is 13.1. The summed E-state index contributed by atoms with van der Waals surface area (Å²) in [4.78, 5) is 0. The van der Waals surface area contributed by atoms with Crippen LogP contribution in [-0.2, 0) is 0 Å². The summed E-state index contributed by atoms with van der Waals surface area (Å²) in [6, 6.07) is 26.8. The Hall–Kier alpha value is -2.87. The fourth-order valence-corrected chi connectivity index (χ4v) is 2.40. The molecular weight excluding hydrogens is 285 g/mol. The quantitative estimate of drug-likeness (QED) is 0.638. The maximum atomic E-state index is 13.1. The lowest BCUT2D eigenvalue weighted by Gasteiger charge is -2.17. The molecule has 1 N–H and O–H groups in total. The molecule has 0 heterocycles. The summed E-state index contributed by atoms with van der Waals surface area (Å²) in [5.41, 5.74) is 3.19. The van der Waals surface area contributed by atoms with Crippen LogP contribution in [0, 0.1) is 5.82 Å². The van der Waals surface area contributed by atoms with Gasteiger partial charge >= 0.3 is 0 Å². The minimum Gasteiger partial charge on any atom is -0.375 e. The van der Waals surface area contributed by atoms with Gasteiger partial charge < -0.3 is 5.32 Å². The lowest BCUT2D eigenvalue weighted by Crippen LogP contribution is -2.07. The van der Waals surface area contributed by atoms with Crippen LogP contribution in [0.25, 0.3) is 6.08 Å². The van der Waals surface area contributed by atoms with E-state index in [4.69, 9.17) is 0 Å². The van der Waals surface area contributed by atoms with E-state index in [-0.39, 0.29) is 11.9 Å². The Labute approximate surface area is 136 Å². The molecule has 23 heavy (non-hydrogen) atoms. The Kier molecular flexibility index (Phi) is 4.85. The molecule has 3 aromatic carbocycles. The topological polar surface area (TPSA) is 12.0 Å². The fourth-order valence-electron chi connectivity index (χ4n) is 2.40. The molecule has 0 aromatic heterocycles. The molecular formula is C21H18FN. The third kappa shape index (κ3) is 4.30. The van der Waals surface area contributed by atoms with Crippen molar-refractivity contribution in [3.05, 3.63) is 108 Å². The summed E-state index contributed by atoms with van der Waals surface area (Å²) in [7, 11) is 0. The highest BCUT2D eigenvalue weighted by Gasteiger charge is 2.07. The van der Waals surface area contributed by atoms with Gasteiger partial charge in [0.2, 0.25) is 0 Å². The van der Waals surface area contributed by atoms with Gasteiger partial charge in [-0.1, -0.05) is 72.8 Å². The van der Waals surface area contributed by atoms with Gasteiger partial charge in [0, 0.05) is 5.69 Å². The second-order valence-electron chi connectivity index (χ2n) is 5.31. The molecule has 0 radical (unpaired) electrons. The number of benzene rings is 3. The first-order valence-corrected chi connectivity index (χ1v) is 7.61. The molecule has 1 unspecified atom stereocenters. The molecule has 0 aliphatic carbocycles. The number of halogens is 1. The number of rotatable bonds is 5. The third-order valence-corrected chi connectivity index (χ3v) is 3.61. The van der Waals surface area contributed by atoms with Crippen LogP contribution in [0.3, 0.4) is 0 Å². The van der Waals surface area contributed by atoms with Crippen LogP contribution in [0.2, 0.25) is 0 Å². The highest BCUT2D eigenvalue weighted by molar-refractivity contribution is 5.54. The molecule has 0 amide bonds. The lowest BCUT2D eigenvalue weighted by molar-refractivity contribution is 0.628. The molecule has 0 saturated carbocycles. The predicted octanol–water partition coefficient (Wildman–Crippen LogP) is 5.69. The zero-order valence-electron chi connectivity index (χ0n) is 12.7.